The smallest absolute Gasteiger partial charge is 0.411 e. The van der Waals surface area contributed by atoms with Crippen LogP contribution >= 0.6 is 0 Å². The Bertz CT molecular complexity index is 547. The van der Waals surface area contributed by atoms with Crippen LogP contribution in [0.25, 0.3) is 10.8 Å². The minimum atomic E-state index is -4.27. The van der Waals surface area contributed by atoms with Crippen molar-refractivity contribution in [3.63, 3.8) is 0 Å². The highest BCUT2D eigenvalue weighted by Gasteiger charge is 2.27. The Morgan fingerprint density at radius 2 is 1.65 bits per heavy atom. The molecule has 0 radical (unpaired) electrons. The van der Waals surface area contributed by atoms with Gasteiger partial charge in [0.2, 0.25) is 0 Å². The van der Waals surface area contributed by atoms with E-state index < -0.39 is 12.8 Å². The number of hydrogen-bond acceptors (Lipinski definition) is 2. The summed E-state index contributed by atoms with van der Waals surface area (Å²) >= 11 is 0. The molecule has 0 aliphatic heterocycles. The quantitative estimate of drug-likeness (QED) is 0.741. The van der Waals surface area contributed by atoms with Gasteiger partial charge >= 0.3 is 6.18 Å². The monoisotopic (exact) mass is 284 g/mol. The van der Waals surface area contributed by atoms with Crippen LogP contribution in [-0.4, -0.2) is 26.0 Å². The molecule has 0 N–H and O–H groups in total. The zero-order chi connectivity index (χ0) is 14.4. The van der Waals surface area contributed by atoms with Crippen LogP contribution in [-0.2, 0) is 4.74 Å². The predicted molar refractivity (Wildman–Crippen MR) is 70.9 cm³/mol. The van der Waals surface area contributed by atoms with Gasteiger partial charge in [-0.1, -0.05) is 36.4 Å². The maximum atomic E-state index is 11.8. The summed E-state index contributed by atoms with van der Waals surface area (Å²) in [6.07, 6.45) is -3.85. The summed E-state index contributed by atoms with van der Waals surface area (Å²) in [5, 5.41) is 2.06. The van der Waals surface area contributed by atoms with Gasteiger partial charge in [-0.2, -0.15) is 13.2 Å². The van der Waals surface area contributed by atoms with E-state index in [0.29, 0.717) is 13.0 Å². The molecule has 2 rings (SSSR count). The molecule has 0 amide bonds. The van der Waals surface area contributed by atoms with Crippen molar-refractivity contribution in [3.05, 3.63) is 42.5 Å². The van der Waals surface area contributed by atoms with Gasteiger partial charge in [0, 0.05) is 11.8 Å². The lowest BCUT2D eigenvalue weighted by atomic mass is 10.1. The molecule has 2 aromatic rings. The van der Waals surface area contributed by atoms with E-state index in [1.807, 2.05) is 42.5 Å². The predicted octanol–water partition coefficient (Wildman–Crippen LogP) is 4.19. The third kappa shape index (κ3) is 4.42. The molecule has 2 nitrogen and oxygen atoms in total. The molecule has 0 aliphatic rings. The zero-order valence-corrected chi connectivity index (χ0v) is 10.8. The Kier molecular flexibility index (Phi) is 4.84. The lowest BCUT2D eigenvalue weighted by Crippen LogP contribution is -2.18. The topological polar surface area (TPSA) is 18.5 Å². The molecule has 0 unspecified atom stereocenters. The van der Waals surface area contributed by atoms with Crippen LogP contribution in [0.15, 0.2) is 42.5 Å². The molecule has 0 spiro atoms. The first-order valence-electron chi connectivity index (χ1n) is 6.31. The number of ether oxygens (including phenoxy) is 2. The van der Waals surface area contributed by atoms with Crippen molar-refractivity contribution in [3.8, 4) is 5.75 Å². The van der Waals surface area contributed by atoms with E-state index in [0.717, 1.165) is 16.5 Å². The molecule has 0 bridgehead atoms. The van der Waals surface area contributed by atoms with Gasteiger partial charge in [0.15, 0.2) is 0 Å². The number of rotatable bonds is 6. The van der Waals surface area contributed by atoms with Gasteiger partial charge in [0.05, 0.1) is 13.2 Å². The Balaban J connectivity index is 1.79. The van der Waals surface area contributed by atoms with E-state index in [-0.39, 0.29) is 6.61 Å². The van der Waals surface area contributed by atoms with Gasteiger partial charge in [0.1, 0.15) is 12.4 Å². The molecule has 0 atom stereocenters. The van der Waals surface area contributed by atoms with Crippen molar-refractivity contribution < 1.29 is 22.6 Å². The molecule has 0 aromatic heterocycles. The first kappa shape index (κ1) is 14.7. The SMILES string of the molecule is FC(F)(F)COCCCOc1cccc2ccccc12. The van der Waals surface area contributed by atoms with Gasteiger partial charge < -0.3 is 9.47 Å². The largest absolute Gasteiger partial charge is 0.493 e. The molecular weight excluding hydrogens is 269 g/mol. The fraction of sp³-hybridized carbons (Fsp3) is 0.333. The van der Waals surface area contributed by atoms with Crippen molar-refractivity contribution in [2.75, 3.05) is 19.8 Å². The van der Waals surface area contributed by atoms with E-state index in [2.05, 4.69) is 4.74 Å². The van der Waals surface area contributed by atoms with E-state index in [9.17, 15) is 13.2 Å². The van der Waals surface area contributed by atoms with Crippen LogP contribution < -0.4 is 4.74 Å². The summed E-state index contributed by atoms with van der Waals surface area (Å²) in [5.41, 5.74) is 0. The number of benzene rings is 2. The lowest BCUT2D eigenvalue weighted by Gasteiger charge is -2.10. The minimum Gasteiger partial charge on any atom is -0.493 e. The summed E-state index contributed by atoms with van der Waals surface area (Å²) in [7, 11) is 0. The fourth-order valence-corrected chi connectivity index (χ4v) is 1.85. The summed E-state index contributed by atoms with van der Waals surface area (Å²) < 4.78 is 45.7. The highest BCUT2D eigenvalue weighted by Crippen LogP contribution is 2.25. The van der Waals surface area contributed by atoms with Crippen molar-refractivity contribution in [1.82, 2.24) is 0 Å². The minimum absolute atomic E-state index is 0.0320. The van der Waals surface area contributed by atoms with Crippen LogP contribution in [0.5, 0.6) is 5.75 Å². The van der Waals surface area contributed by atoms with Crippen molar-refractivity contribution in [1.29, 1.82) is 0 Å². The highest BCUT2D eigenvalue weighted by atomic mass is 19.4. The van der Waals surface area contributed by atoms with E-state index >= 15 is 0 Å². The Hall–Kier alpha value is -1.75. The van der Waals surface area contributed by atoms with Gasteiger partial charge in [0.25, 0.3) is 0 Å². The second-order valence-corrected chi connectivity index (χ2v) is 4.35. The summed E-state index contributed by atoms with van der Waals surface area (Å²) in [6.45, 7) is -0.850. The molecular formula is C15H15F3O2. The normalized spacial score (nSPS) is 11.8. The zero-order valence-electron chi connectivity index (χ0n) is 10.8. The van der Waals surface area contributed by atoms with Crippen molar-refractivity contribution in [2.45, 2.75) is 12.6 Å². The van der Waals surface area contributed by atoms with Gasteiger partial charge in [-0.3, -0.25) is 0 Å². The molecule has 0 saturated heterocycles. The Labute approximate surface area is 115 Å². The first-order valence-corrected chi connectivity index (χ1v) is 6.31. The van der Waals surface area contributed by atoms with Crippen LogP contribution in [0.3, 0.4) is 0 Å². The lowest BCUT2D eigenvalue weighted by molar-refractivity contribution is -0.174. The number of alkyl halides is 3. The molecule has 20 heavy (non-hydrogen) atoms. The first-order chi connectivity index (χ1) is 9.56. The standard InChI is InChI=1S/C15H15F3O2/c16-15(17,18)11-19-9-4-10-20-14-8-3-6-12-5-1-2-7-13(12)14/h1-3,5-8H,4,9-11H2. The van der Waals surface area contributed by atoms with E-state index in [1.54, 1.807) is 0 Å². The van der Waals surface area contributed by atoms with E-state index in [4.69, 9.17) is 4.74 Å². The van der Waals surface area contributed by atoms with Crippen molar-refractivity contribution in [2.24, 2.45) is 0 Å². The maximum absolute atomic E-state index is 11.8. The molecule has 108 valence electrons. The van der Waals surface area contributed by atoms with Crippen molar-refractivity contribution >= 4 is 10.8 Å². The van der Waals surface area contributed by atoms with E-state index in [1.165, 1.54) is 0 Å². The van der Waals surface area contributed by atoms with Crippen LogP contribution in [0.1, 0.15) is 6.42 Å². The van der Waals surface area contributed by atoms with Gasteiger partial charge in [-0.25, -0.2) is 0 Å². The van der Waals surface area contributed by atoms with Gasteiger partial charge in [-0.15, -0.1) is 0 Å². The Morgan fingerprint density at radius 3 is 2.45 bits per heavy atom. The third-order valence-electron chi connectivity index (χ3n) is 2.71. The van der Waals surface area contributed by atoms with Crippen LogP contribution in [0.4, 0.5) is 13.2 Å². The summed E-state index contributed by atoms with van der Waals surface area (Å²) in [6, 6.07) is 13.5. The second-order valence-electron chi connectivity index (χ2n) is 4.35. The van der Waals surface area contributed by atoms with Crippen LogP contribution in [0.2, 0.25) is 0 Å². The molecule has 0 saturated carbocycles. The average Bonchev–Trinajstić information content (AvgIpc) is 2.41. The molecule has 2 aromatic carbocycles. The summed E-state index contributed by atoms with van der Waals surface area (Å²) in [5.74, 6) is 0.735. The number of hydrogen-bond donors (Lipinski definition) is 0. The highest BCUT2D eigenvalue weighted by molar-refractivity contribution is 5.88. The Morgan fingerprint density at radius 1 is 0.900 bits per heavy atom. The molecule has 0 aliphatic carbocycles. The molecule has 5 heteroatoms. The average molecular weight is 284 g/mol. The summed E-state index contributed by atoms with van der Waals surface area (Å²) in [4.78, 5) is 0. The van der Waals surface area contributed by atoms with Gasteiger partial charge in [-0.05, 0) is 11.5 Å². The molecule has 0 heterocycles. The number of fused-ring (bicyclic) bond motifs is 1. The fourth-order valence-electron chi connectivity index (χ4n) is 1.85. The third-order valence-corrected chi connectivity index (χ3v) is 2.71. The van der Waals surface area contributed by atoms with Crippen LogP contribution in [0, 0.1) is 0 Å². The molecule has 0 fully saturated rings. The maximum Gasteiger partial charge on any atom is 0.411 e. The second kappa shape index (κ2) is 6.61. The number of halogens is 3.